The molecular weight excluding hydrogens is 266 g/mol. The van der Waals surface area contributed by atoms with E-state index in [-0.39, 0.29) is 29.9 Å². The molecule has 7 heteroatoms. The second-order valence-electron chi connectivity index (χ2n) is 4.96. The smallest absolute Gasteiger partial charge is 0.240 e. The Balaban J connectivity index is 1.95. The summed E-state index contributed by atoms with van der Waals surface area (Å²) in [6, 6.07) is 3.53. The van der Waals surface area contributed by atoms with Gasteiger partial charge in [-0.1, -0.05) is 0 Å². The summed E-state index contributed by atoms with van der Waals surface area (Å²) in [5.74, 6) is 0.00218. The van der Waals surface area contributed by atoms with Gasteiger partial charge in [0.05, 0.1) is 11.5 Å². The summed E-state index contributed by atoms with van der Waals surface area (Å²) in [6.07, 6.45) is 0.163. The van der Waals surface area contributed by atoms with E-state index in [1.54, 1.807) is 4.68 Å². The van der Waals surface area contributed by atoms with Gasteiger partial charge in [0.15, 0.2) is 9.84 Å². The molecule has 0 aromatic carbocycles. The third-order valence-corrected chi connectivity index (χ3v) is 4.98. The van der Waals surface area contributed by atoms with Crippen LogP contribution < -0.4 is 10.7 Å². The van der Waals surface area contributed by atoms with E-state index in [4.69, 9.17) is 0 Å². The topological polar surface area (TPSA) is 80.2 Å². The van der Waals surface area contributed by atoms with Crippen molar-refractivity contribution in [3.05, 3.63) is 23.5 Å². The number of nitrogens with one attached hydrogen (secondary N) is 2. The van der Waals surface area contributed by atoms with Gasteiger partial charge in [-0.05, 0) is 26.0 Å². The Hall–Kier alpha value is -1.34. The number of aromatic nitrogens is 1. The normalized spacial score (nSPS) is 22.1. The standard InChI is InChI=1S/C12H19N3O3S/c1-9-3-4-10(2)15(9)14-12(16)7-11-8-19(17,18)6-5-13-11/h3-4,11,13H,5-8H2,1-2H3,(H,14,16). The van der Waals surface area contributed by atoms with Crippen LogP contribution in [0.2, 0.25) is 0 Å². The minimum absolute atomic E-state index is 0.0318. The number of sulfone groups is 1. The lowest BCUT2D eigenvalue weighted by molar-refractivity contribution is -0.117. The number of nitrogens with zero attached hydrogens (tertiary/aromatic N) is 1. The molecule has 0 spiro atoms. The highest BCUT2D eigenvalue weighted by Gasteiger charge is 2.26. The summed E-state index contributed by atoms with van der Waals surface area (Å²) < 4.78 is 24.7. The van der Waals surface area contributed by atoms with Gasteiger partial charge in [0.2, 0.25) is 5.91 Å². The SMILES string of the molecule is Cc1ccc(C)n1NC(=O)CC1CS(=O)(=O)CCN1. The van der Waals surface area contributed by atoms with Gasteiger partial charge in [0, 0.05) is 30.4 Å². The Morgan fingerprint density at radius 1 is 1.42 bits per heavy atom. The molecule has 2 N–H and O–H groups in total. The first kappa shape index (κ1) is 14.1. The molecule has 0 bridgehead atoms. The number of carbonyl (C=O) groups is 1. The zero-order chi connectivity index (χ0) is 14.0. The third kappa shape index (κ3) is 3.57. The molecule has 1 aromatic rings. The highest BCUT2D eigenvalue weighted by molar-refractivity contribution is 7.91. The molecule has 0 radical (unpaired) electrons. The molecule has 106 valence electrons. The molecule has 1 amide bonds. The molecule has 1 fully saturated rings. The van der Waals surface area contributed by atoms with Gasteiger partial charge in [-0.3, -0.25) is 14.9 Å². The van der Waals surface area contributed by atoms with Crippen LogP contribution in [-0.4, -0.2) is 43.1 Å². The Morgan fingerprint density at radius 3 is 2.63 bits per heavy atom. The fourth-order valence-corrected chi connectivity index (χ4v) is 3.68. The van der Waals surface area contributed by atoms with Crippen molar-refractivity contribution in [3.8, 4) is 0 Å². The lowest BCUT2D eigenvalue weighted by Crippen LogP contribution is -2.47. The second-order valence-corrected chi connectivity index (χ2v) is 7.18. The van der Waals surface area contributed by atoms with Crippen molar-refractivity contribution in [2.45, 2.75) is 26.3 Å². The molecule has 2 rings (SSSR count). The first-order valence-corrected chi connectivity index (χ1v) is 8.08. The molecule has 1 saturated heterocycles. The van der Waals surface area contributed by atoms with E-state index in [1.807, 2.05) is 26.0 Å². The molecule has 0 aliphatic carbocycles. The number of rotatable bonds is 3. The first-order valence-electron chi connectivity index (χ1n) is 6.26. The van der Waals surface area contributed by atoms with Crippen LogP contribution in [0, 0.1) is 13.8 Å². The Bertz CT molecular complexity index is 558. The second kappa shape index (κ2) is 5.34. The predicted octanol–water partition coefficient (Wildman–Crippen LogP) is -0.0483. The lowest BCUT2D eigenvalue weighted by Gasteiger charge is -2.23. The quantitative estimate of drug-likeness (QED) is 0.816. The van der Waals surface area contributed by atoms with Crippen molar-refractivity contribution in [3.63, 3.8) is 0 Å². The minimum Gasteiger partial charge on any atom is -0.311 e. The fourth-order valence-electron chi connectivity index (χ4n) is 2.24. The molecule has 0 saturated carbocycles. The van der Waals surface area contributed by atoms with Gasteiger partial charge < -0.3 is 5.32 Å². The van der Waals surface area contributed by atoms with Crippen LogP contribution in [0.4, 0.5) is 0 Å². The van der Waals surface area contributed by atoms with Crippen LogP contribution in [0.1, 0.15) is 17.8 Å². The lowest BCUT2D eigenvalue weighted by atomic mass is 10.2. The fraction of sp³-hybridized carbons (Fsp3) is 0.583. The van der Waals surface area contributed by atoms with Crippen LogP contribution in [0.5, 0.6) is 0 Å². The molecule has 1 atom stereocenters. The number of amides is 1. The molecule has 6 nitrogen and oxygen atoms in total. The van der Waals surface area contributed by atoms with Crippen molar-refractivity contribution in [2.75, 3.05) is 23.5 Å². The molecule has 1 aliphatic heterocycles. The Kier molecular flexibility index (Phi) is 3.96. The highest BCUT2D eigenvalue weighted by atomic mass is 32.2. The summed E-state index contributed by atoms with van der Waals surface area (Å²) in [6.45, 7) is 4.22. The van der Waals surface area contributed by atoms with Crippen LogP contribution in [0.25, 0.3) is 0 Å². The van der Waals surface area contributed by atoms with Crippen LogP contribution in [0.15, 0.2) is 12.1 Å². The van der Waals surface area contributed by atoms with E-state index in [2.05, 4.69) is 10.7 Å². The van der Waals surface area contributed by atoms with Gasteiger partial charge in [-0.15, -0.1) is 0 Å². The maximum absolute atomic E-state index is 11.9. The van der Waals surface area contributed by atoms with E-state index in [0.29, 0.717) is 6.54 Å². The Morgan fingerprint density at radius 2 is 2.05 bits per heavy atom. The van der Waals surface area contributed by atoms with E-state index >= 15 is 0 Å². The third-order valence-electron chi connectivity index (χ3n) is 3.24. The average molecular weight is 285 g/mol. The molecule has 1 aliphatic rings. The van der Waals surface area contributed by atoms with Crippen molar-refractivity contribution in [1.82, 2.24) is 9.99 Å². The maximum Gasteiger partial charge on any atom is 0.240 e. The molecular formula is C12H19N3O3S. The van der Waals surface area contributed by atoms with E-state index in [9.17, 15) is 13.2 Å². The van der Waals surface area contributed by atoms with Crippen LogP contribution >= 0.6 is 0 Å². The molecule has 1 aromatic heterocycles. The van der Waals surface area contributed by atoms with Crippen molar-refractivity contribution in [1.29, 1.82) is 0 Å². The summed E-state index contributed by atoms with van der Waals surface area (Å²) >= 11 is 0. The van der Waals surface area contributed by atoms with Crippen molar-refractivity contribution >= 4 is 15.7 Å². The number of aryl methyl sites for hydroxylation is 2. The Labute approximate surface area is 113 Å². The number of hydrogen-bond acceptors (Lipinski definition) is 4. The maximum atomic E-state index is 11.9. The number of hydrogen-bond donors (Lipinski definition) is 2. The van der Waals surface area contributed by atoms with Crippen LogP contribution in [-0.2, 0) is 14.6 Å². The summed E-state index contributed by atoms with van der Waals surface area (Å²) in [4.78, 5) is 11.9. The summed E-state index contributed by atoms with van der Waals surface area (Å²) in [5.41, 5.74) is 4.66. The molecule has 19 heavy (non-hydrogen) atoms. The van der Waals surface area contributed by atoms with Crippen molar-refractivity contribution in [2.24, 2.45) is 0 Å². The average Bonchev–Trinajstić information content (AvgIpc) is 2.59. The van der Waals surface area contributed by atoms with Gasteiger partial charge >= 0.3 is 0 Å². The first-order chi connectivity index (χ1) is 8.87. The van der Waals surface area contributed by atoms with Crippen molar-refractivity contribution < 1.29 is 13.2 Å². The minimum atomic E-state index is -3.01. The van der Waals surface area contributed by atoms with E-state index in [0.717, 1.165) is 11.4 Å². The zero-order valence-electron chi connectivity index (χ0n) is 11.1. The van der Waals surface area contributed by atoms with Gasteiger partial charge in [0.25, 0.3) is 0 Å². The number of carbonyl (C=O) groups excluding carboxylic acids is 1. The van der Waals surface area contributed by atoms with Gasteiger partial charge in [-0.25, -0.2) is 8.42 Å². The van der Waals surface area contributed by atoms with Crippen LogP contribution in [0.3, 0.4) is 0 Å². The van der Waals surface area contributed by atoms with E-state index in [1.165, 1.54) is 0 Å². The van der Waals surface area contributed by atoms with E-state index < -0.39 is 9.84 Å². The highest BCUT2D eigenvalue weighted by Crippen LogP contribution is 2.07. The zero-order valence-corrected chi connectivity index (χ0v) is 12.0. The largest absolute Gasteiger partial charge is 0.311 e. The molecule has 1 unspecified atom stereocenters. The predicted molar refractivity (Wildman–Crippen MR) is 73.3 cm³/mol. The monoisotopic (exact) mass is 285 g/mol. The van der Waals surface area contributed by atoms with Gasteiger partial charge in [0.1, 0.15) is 0 Å². The molecule has 2 heterocycles. The van der Waals surface area contributed by atoms with Gasteiger partial charge in [-0.2, -0.15) is 0 Å². The summed E-state index contributed by atoms with van der Waals surface area (Å²) in [7, 11) is -3.01. The summed E-state index contributed by atoms with van der Waals surface area (Å²) in [5, 5.41) is 3.07.